The average Bonchev–Trinajstić information content (AvgIpc) is 2.55. The van der Waals surface area contributed by atoms with Crippen molar-refractivity contribution in [3.8, 4) is 0 Å². The maximum atomic E-state index is 12.8. The van der Waals surface area contributed by atoms with Gasteiger partial charge in [-0.15, -0.1) is 0 Å². The lowest BCUT2D eigenvalue weighted by molar-refractivity contribution is 0.0979. The number of pyridine rings is 1. The zero-order valence-corrected chi connectivity index (χ0v) is 12.5. The fourth-order valence-electron chi connectivity index (χ4n) is 4.26. The fourth-order valence-corrected chi connectivity index (χ4v) is 4.26. The molecule has 1 aliphatic carbocycles. The third-order valence-corrected chi connectivity index (χ3v) is 5.36. The highest BCUT2D eigenvalue weighted by Crippen LogP contribution is 2.39. The molecule has 4 nitrogen and oxygen atoms in total. The molecule has 21 heavy (non-hydrogen) atoms. The molecule has 2 atom stereocenters. The van der Waals surface area contributed by atoms with Gasteiger partial charge in [0.25, 0.3) is 0 Å². The average molecular weight is 285 g/mol. The summed E-state index contributed by atoms with van der Waals surface area (Å²) in [6.45, 7) is 2.80. The highest BCUT2D eigenvalue weighted by Gasteiger charge is 2.39. The maximum Gasteiger partial charge on any atom is 0.320 e. The molecule has 0 unspecified atom stereocenters. The Kier molecular flexibility index (Phi) is 3.32. The number of fused-ring (bicyclic) bond motifs is 4. The highest BCUT2D eigenvalue weighted by molar-refractivity contribution is 5.75. The topological polar surface area (TPSA) is 36.4 Å². The van der Waals surface area contributed by atoms with Gasteiger partial charge in [0.05, 0.1) is 0 Å². The van der Waals surface area contributed by atoms with Crippen LogP contribution in [0.5, 0.6) is 0 Å². The molecule has 3 heterocycles. The predicted octanol–water partition coefficient (Wildman–Crippen LogP) is 2.79. The van der Waals surface area contributed by atoms with Gasteiger partial charge in [-0.1, -0.05) is 6.07 Å². The first-order valence-corrected chi connectivity index (χ1v) is 8.32. The molecule has 0 spiro atoms. The molecule has 0 aromatic carbocycles. The van der Waals surface area contributed by atoms with Crippen molar-refractivity contribution in [2.75, 3.05) is 19.6 Å². The molecule has 0 saturated carbocycles. The summed E-state index contributed by atoms with van der Waals surface area (Å²) in [4.78, 5) is 21.6. The number of likely N-dealkylation sites (tertiary alicyclic amines) is 2. The van der Waals surface area contributed by atoms with Crippen LogP contribution in [0.3, 0.4) is 0 Å². The molecule has 2 amide bonds. The van der Waals surface area contributed by atoms with Gasteiger partial charge in [0, 0.05) is 43.5 Å². The summed E-state index contributed by atoms with van der Waals surface area (Å²) in [5.41, 5.74) is 2.65. The van der Waals surface area contributed by atoms with E-state index in [0.29, 0.717) is 12.0 Å². The van der Waals surface area contributed by atoms with Gasteiger partial charge in [-0.3, -0.25) is 4.98 Å². The van der Waals surface area contributed by atoms with Crippen LogP contribution in [0, 0.1) is 0 Å². The summed E-state index contributed by atoms with van der Waals surface area (Å²) < 4.78 is 0. The zero-order valence-electron chi connectivity index (χ0n) is 12.5. The van der Waals surface area contributed by atoms with E-state index in [2.05, 4.69) is 20.9 Å². The Morgan fingerprint density at radius 3 is 2.90 bits per heavy atom. The molecule has 0 radical (unpaired) electrons. The minimum absolute atomic E-state index is 0.283. The van der Waals surface area contributed by atoms with Gasteiger partial charge in [-0.2, -0.15) is 0 Å². The van der Waals surface area contributed by atoms with Crippen molar-refractivity contribution in [1.29, 1.82) is 0 Å². The number of carbonyl (C=O) groups is 1. The third kappa shape index (κ3) is 2.30. The molecular weight excluding hydrogens is 262 g/mol. The molecule has 1 aromatic heterocycles. The first-order chi connectivity index (χ1) is 10.3. The van der Waals surface area contributed by atoms with Crippen LogP contribution in [0.4, 0.5) is 4.79 Å². The number of rotatable bonds is 0. The van der Waals surface area contributed by atoms with Crippen LogP contribution in [0.2, 0.25) is 0 Å². The van der Waals surface area contributed by atoms with Gasteiger partial charge in [-0.05, 0) is 50.2 Å². The minimum atomic E-state index is 0.283. The zero-order chi connectivity index (χ0) is 14.2. The smallest absolute Gasteiger partial charge is 0.320 e. The molecule has 3 aliphatic rings. The minimum Gasteiger partial charge on any atom is -0.325 e. The van der Waals surface area contributed by atoms with Crippen LogP contribution < -0.4 is 0 Å². The van der Waals surface area contributed by atoms with Crippen molar-refractivity contribution in [1.82, 2.24) is 14.8 Å². The Morgan fingerprint density at radius 2 is 2.05 bits per heavy atom. The van der Waals surface area contributed by atoms with Crippen LogP contribution in [-0.2, 0) is 6.42 Å². The van der Waals surface area contributed by atoms with E-state index in [0.717, 1.165) is 38.9 Å². The standard InChI is InChI=1S/C17H23N3O/c21-17(19-8-2-1-3-9-19)20-10-6-14-12-15(20)11-13-5-4-7-18-16(13)14/h4-5,7,14-15H,1-3,6,8-12H2/t14-,15-/m1/s1. The van der Waals surface area contributed by atoms with Gasteiger partial charge in [-0.25, -0.2) is 4.79 Å². The Labute approximate surface area is 126 Å². The molecule has 2 saturated heterocycles. The lowest BCUT2D eigenvalue weighted by atomic mass is 9.78. The number of aromatic nitrogens is 1. The van der Waals surface area contributed by atoms with E-state index >= 15 is 0 Å². The molecule has 2 bridgehead atoms. The summed E-state index contributed by atoms with van der Waals surface area (Å²) in [7, 11) is 0. The third-order valence-electron chi connectivity index (χ3n) is 5.36. The second-order valence-corrected chi connectivity index (χ2v) is 6.65. The summed E-state index contributed by atoms with van der Waals surface area (Å²) in [6.07, 6.45) is 8.67. The van der Waals surface area contributed by atoms with E-state index in [1.165, 1.54) is 30.5 Å². The first-order valence-electron chi connectivity index (χ1n) is 8.32. The number of nitrogens with zero attached hydrogens (tertiary/aromatic N) is 3. The van der Waals surface area contributed by atoms with E-state index < -0.39 is 0 Å². The van der Waals surface area contributed by atoms with E-state index in [1.807, 2.05) is 12.3 Å². The number of carbonyl (C=O) groups excluding carboxylic acids is 1. The van der Waals surface area contributed by atoms with Gasteiger partial charge >= 0.3 is 6.03 Å². The Bertz CT molecular complexity index is 539. The predicted molar refractivity (Wildman–Crippen MR) is 81.2 cm³/mol. The van der Waals surface area contributed by atoms with E-state index in [-0.39, 0.29) is 6.03 Å². The van der Waals surface area contributed by atoms with Gasteiger partial charge < -0.3 is 9.80 Å². The number of urea groups is 1. The number of amides is 2. The number of hydrogen-bond donors (Lipinski definition) is 0. The van der Waals surface area contributed by atoms with Gasteiger partial charge in [0.1, 0.15) is 0 Å². The second kappa shape index (κ2) is 5.32. The Morgan fingerprint density at radius 1 is 1.19 bits per heavy atom. The van der Waals surface area contributed by atoms with Crippen LogP contribution in [0.15, 0.2) is 18.3 Å². The van der Waals surface area contributed by atoms with Crippen LogP contribution >= 0.6 is 0 Å². The number of hydrogen-bond acceptors (Lipinski definition) is 2. The molecule has 4 rings (SSSR count). The summed E-state index contributed by atoms with van der Waals surface area (Å²) in [5, 5.41) is 0. The molecule has 0 N–H and O–H groups in total. The van der Waals surface area contributed by atoms with E-state index in [9.17, 15) is 4.79 Å². The summed E-state index contributed by atoms with van der Waals surface area (Å²) in [6, 6.07) is 4.88. The van der Waals surface area contributed by atoms with Crippen LogP contribution in [0.25, 0.3) is 0 Å². The Hall–Kier alpha value is -1.58. The molecule has 4 heteroatoms. The summed E-state index contributed by atoms with van der Waals surface area (Å²) in [5.74, 6) is 0.561. The highest BCUT2D eigenvalue weighted by atomic mass is 16.2. The second-order valence-electron chi connectivity index (χ2n) is 6.65. The molecule has 112 valence electrons. The monoisotopic (exact) mass is 285 g/mol. The molecule has 1 aromatic rings. The SMILES string of the molecule is O=C(N1CCCCC1)N1CC[C@@H]2C[C@H]1Cc1cccnc12. The van der Waals surface area contributed by atoms with Crippen molar-refractivity contribution < 1.29 is 4.79 Å². The number of piperidine rings is 2. The van der Waals surface area contributed by atoms with Crippen molar-refractivity contribution in [2.24, 2.45) is 0 Å². The molecule has 2 fully saturated rings. The lowest BCUT2D eigenvalue weighted by Gasteiger charge is -2.45. The van der Waals surface area contributed by atoms with E-state index in [1.54, 1.807) is 0 Å². The molecular formula is C17H23N3O. The first kappa shape index (κ1) is 13.1. The normalized spacial score (nSPS) is 28.2. The molecule has 2 aliphatic heterocycles. The quantitative estimate of drug-likeness (QED) is 0.735. The van der Waals surface area contributed by atoms with Crippen molar-refractivity contribution >= 4 is 6.03 Å². The van der Waals surface area contributed by atoms with Crippen molar-refractivity contribution in [3.63, 3.8) is 0 Å². The van der Waals surface area contributed by atoms with Crippen LogP contribution in [0.1, 0.15) is 49.3 Å². The Balaban J connectivity index is 1.53. The summed E-state index contributed by atoms with van der Waals surface area (Å²) >= 11 is 0. The van der Waals surface area contributed by atoms with E-state index in [4.69, 9.17) is 0 Å². The van der Waals surface area contributed by atoms with Crippen LogP contribution in [-0.4, -0.2) is 46.5 Å². The van der Waals surface area contributed by atoms with Crippen molar-refractivity contribution in [3.05, 3.63) is 29.6 Å². The maximum absolute atomic E-state index is 12.8. The largest absolute Gasteiger partial charge is 0.325 e. The van der Waals surface area contributed by atoms with Gasteiger partial charge in [0.2, 0.25) is 0 Å². The van der Waals surface area contributed by atoms with Gasteiger partial charge in [0.15, 0.2) is 0 Å². The fraction of sp³-hybridized carbons (Fsp3) is 0.647. The van der Waals surface area contributed by atoms with Crippen molar-refractivity contribution in [2.45, 2.75) is 50.5 Å². The lowest BCUT2D eigenvalue weighted by Crippen LogP contribution is -2.54.